The summed E-state index contributed by atoms with van der Waals surface area (Å²) >= 11 is 17.3. The minimum absolute atomic E-state index is 0.129. The lowest BCUT2D eigenvalue weighted by Gasteiger charge is -2.11. The van der Waals surface area contributed by atoms with Crippen molar-refractivity contribution in [1.82, 2.24) is 19.9 Å². The molecule has 0 aliphatic carbocycles. The average Bonchev–Trinajstić information content (AvgIpc) is 2.60. The Morgan fingerprint density at radius 1 is 0.862 bits per heavy atom. The van der Waals surface area contributed by atoms with Crippen LogP contribution in [0, 0.1) is 0 Å². The quantitative estimate of drug-likeness (QED) is 0.385. The summed E-state index contributed by atoms with van der Waals surface area (Å²) in [5.41, 5.74) is -0.420. The maximum atomic E-state index is 11.7. The van der Waals surface area contributed by atoms with Crippen LogP contribution in [0.3, 0.4) is 0 Å². The molecule has 0 spiro atoms. The number of aromatic amines is 2. The number of aromatic nitrogens is 4. The van der Waals surface area contributed by atoms with Crippen LogP contribution >= 0.6 is 34.8 Å². The van der Waals surface area contributed by atoms with E-state index in [9.17, 15) is 9.59 Å². The van der Waals surface area contributed by atoms with Gasteiger partial charge in [0.25, 0.3) is 11.1 Å². The molecular formula is C19H16Cl3N5O2. The first-order valence-electron chi connectivity index (χ1n) is 8.54. The molecule has 10 heteroatoms. The van der Waals surface area contributed by atoms with E-state index in [2.05, 4.69) is 25.3 Å². The molecule has 0 bridgehead atoms. The molecule has 0 saturated heterocycles. The number of hydrogen-bond donors (Lipinski definition) is 3. The summed E-state index contributed by atoms with van der Waals surface area (Å²) < 4.78 is 0. The van der Waals surface area contributed by atoms with E-state index in [0.29, 0.717) is 27.1 Å². The zero-order valence-corrected chi connectivity index (χ0v) is 17.7. The van der Waals surface area contributed by atoms with Gasteiger partial charge < -0.3 is 15.3 Å². The van der Waals surface area contributed by atoms with Crippen molar-refractivity contribution in [1.29, 1.82) is 0 Å². The van der Waals surface area contributed by atoms with Gasteiger partial charge in [-0.15, -0.1) is 0 Å². The second-order valence-electron chi connectivity index (χ2n) is 6.37. The van der Waals surface area contributed by atoms with Crippen LogP contribution in [0.25, 0.3) is 21.5 Å². The Morgan fingerprint density at radius 3 is 1.97 bits per heavy atom. The van der Waals surface area contributed by atoms with Crippen LogP contribution in [-0.4, -0.2) is 26.0 Å². The number of nitrogens with zero attached hydrogens (tertiary/aromatic N) is 2. The number of fused-ring (bicyclic) bond motifs is 2. The number of H-pyrrole nitrogens is 2. The highest BCUT2D eigenvalue weighted by Gasteiger charge is 2.09. The third-order valence-corrected chi connectivity index (χ3v) is 4.49. The third kappa shape index (κ3) is 4.87. The van der Waals surface area contributed by atoms with Crippen LogP contribution in [0.2, 0.25) is 15.5 Å². The first kappa shape index (κ1) is 21.1. The molecule has 4 heterocycles. The minimum Gasteiger partial charge on any atom is -0.367 e. The van der Waals surface area contributed by atoms with E-state index in [4.69, 9.17) is 34.8 Å². The van der Waals surface area contributed by atoms with Gasteiger partial charge in [0.05, 0.1) is 10.8 Å². The first-order chi connectivity index (χ1) is 13.8. The second-order valence-corrected chi connectivity index (χ2v) is 7.50. The molecule has 0 atom stereocenters. The fourth-order valence-corrected chi connectivity index (χ4v) is 3.43. The Balaban J connectivity index is 0.000000169. The fourth-order valence-electron chi connectivity index (χ4n) is 2.70. The lowest BCUT2D eigenvalue weighted by molar-refractivity contribution is 0.892. The summed E-state index contributed by atoms with van der Waals surface area (Å²) in [4.78, 5) is 36.1. The van der Waals surface area contributed by atoms with Gasteiger partial charge in [-0.1, -0.05) is 34.8 Å². The molecule has 7 nitrogen and oxygen atoms in total. The van der Waals surface area contributed by atoms with Gasteiger partial charge in [-0.2, -0.15) is 0 Å². The van der Waals surface area contributed by atoms with Crippen molar-refractivity contribution in [2.45, 2.75) is 19.9 Å². The van der Waals surface area contributed by atoms with E-state index < -0.39 is 0 Å². The van der Waals surface area contributed by atoms with Crippen LogP contribution in [0.4, 0.5) is 5.82 Å². The topological polar surface area (TPSA) is 104 Å². The lowest BCUT2D eigenvalue weighted by atomic mass is 10.2. The van der Waals surface area contributed by atoms with Crippen LogP contribution in [0.5, 0.6) is 0 Å². The van der Waals surface area contributed by atoms with E-state index in [-0.39, 0.29) is 27.5 Å². The third-order valence-electron chi connectivity index (χ3n) is 3.83. The Labute approximate surface area is 180 Å². The molecule has 29 heavy (non-hydrogen) atoms. The summed E-state index contributed by atoms with van der Waals surface area (Å²) in [7, 11) is 0. The molecule has 4 aromatic heterocycles. The average molecular weight is 453 g/mol. The van der Waals surface area contributed by atoms with Gasteiger partial charge in [-0.05, 0) is 48.9 Å². The molecule has 4 aromatic rings. The zero-order valence-electron chi connectivity index (χ0n) is 15.4. The molecule has 0 aromatic carbocycles. The Hall–Kier alpha value is -2.61. The second kappa shape index (κ2) is 8.82. The van der Waals surface area contributed by atoms with Crippen molar-refractivity contribution >= 4 is 62.2 Å². The summed E-state index contributed by atoms with van der Waals surface area (Å²) in [5, 5.41) is 6.28. The number of rotatable bonds is 2. The predicted octanol–water partition coefficient (Wildman–Crippen LogP) is 4.63. The molecule has 0 aliphatic heterocycles. The molecular weight excluding hydrogens is 437 g/mol. The van der Waals surface area contributed by atoms with Crippen LogP contribution in [-0.2, 0) is 0 Å². The summed E-state index contributed by atoms with van der Waals surface area (Å²) in [6.45, 7) is 3.96. The molecule has 4 rings (SSSR count). The number of pyridine rings is 4. The van der Waals surface area contributed by atoms with Gasteiger partial charge in [0.15, 0.2) is 0 Å². The monoisotopic (exact) mass is 451 g/mol. The van der Waals surface area contributed by atoms with E-state index in [1.807, 2.05) is 13.8 Å². The van der Waals surface area contributed by atoms with Crippen LogP contribution in [0.1, 0.15) is 13.8 Å². The highest BCUT2D eigenvalue weighted by molar-refractivity contribution is 6.36. The highest BCUT2D eigenvalue weighted by Crippen LogP contribution is 2.22. The van der Waals surface area contributed by atoms with Gasteiger partial charge in [0.1, 0.15) is 21.3 Å². The Kier molecular flexibility index (Phi) is 6.42. The van der Waals surface area contributed by atoms with Crippen molar-refractivity contribution < 1.29 is 0 Å². The molecule has 0 amide bonds. The van der Waals surface area contributed by atoms with Crippen LogP contribution < -0.4 is 16.4 Å². The molecule has 0 radical (unpaired) electrons. The lowest BCUT2D eigenvalue weighted by Crippen LogP contribution is -2.15. The van der Waals surface area contributed by atoms with E-state index in [0.717, 1.165) is 5.39 Å². The fraction of sp³-hybridized carbons (Fsp3) is 0.158. The Morgan fingerprint density at radius 2 is 1.38 bits per heavy atom. The number of anilines is 1. The van der Waals surface area contributed by atoms with Gasteiger partial charge in [0.2, 0.25) is 0 Å². The molecule has 3 N–H and O–H groups in total. The molecule has 0 fully saturated rings. The summed E-state index contributed by atoms with van der Waals surface area (Å²) in [5.74, 6) is 0.527. The maximum Gasteiger partial charge on any atom is 0.259 e. The van der Waals surface area contributed by atoms with Gasteiger partial charge in [0, 0.05) is 18.4 Å². The van der Waals surface area contributed by atoms with Gasteiger partial charge >= 0.3 is 0 Å². The highest BCUT2D eigenvalue weighted by atomic mass is 35.5. The number of hydrogen-bond acceptors (Lipinski definition) is 5. The zero-order chi connectivity index (χ0) is 21.1. The van der Waals surface area contributed by atoms with Gasteiger partial charge in [-0.3, -0.25) is 9.59 Å². The van der Waals surface area contributed by atoms with Crippen molar-refractivity contribution in [3.05, 3.63) is 72.8 Å². The SMILES string of the molecule is CC(C)Nc1nc(Cl)cc2cc[nH]c(=O)c12.O=c1[nH]ccc2cc(Cl)nc(Cl)c12. The first-order valence-corrected chi connectivity index (χ1v) is 9.67. The van der Waals surface area contributed by atoms with Crippen molar-refractivity contribution in [2.24, 2.45) is 0 Å². The van der Waals surface area contributed by atoms with Crippen molar-refractivity contribution in [3.8, 4) is 0 Å². The Bertz CT molecular complexity index is 1300. The van der Waals surface area contributed by atoms with E-state index in [1.54, 1.807) is 30.5 Å². The van der Waals surface area contributed by atoms with Gasteiger partial charge in [-0.25, -0.2) is 9.97 Å². The van der Waals surface area contributed by atoms with E-state index in [1.165, 1.54) is 6.20 Å². The van der Waals surface area contributed by atoms with E-state index >= 15 is 0 Å². The number of halogens is 3. The molecule has 0 saturated carbocycles. The number of nitrogens with one attached hydrogen (secondary N) is 3. The molecule has 0 unspecified atom stereocenters. The maximum absolute atomic E-state index is 11.7. The standard InChI is InChI=1S/C11H12ClN3O.C8H4Cl2N2O/c1-6(2)14-10-9-7(5-8(12)15-10)3-4-13-11(9)16;9-5-3-4-1-2-11-8(13)6(4)7(10)12-5/h3-6H,1-2H3,(H,13,16)(H,14,15);1-3H,(H,11,13). The predicted molar refractivity (Wildman–Crippen MR) is 119 cm³/mol. The summed E-state index contributed by atoms with van der Waals surface area (Å²) in [6.07, 6.45) is 3.14. The molecule has 0 aliphatic rings. The molecule has 150 valence electrons. The van der Waals surface area contributed by atoms with Crippen molar-refractivity contribution in [2.75, 3.05) is 5.32 Å². The summed E-state index contributed by atoms with van der Waals surface area (Å²) in [6, 6.07) is 6.98. The van der Waals surface area contributed by atoms with Crippen molar-refractivity contribution in [3.63, 3.8) is 0 Å². The normalized spacial score (nSPS) is 10.8. The minimum atomic E-state index is -0.258. The van der Waals surface area contributed by atoms with Crippen LogP contribution in [0.15, 0.2) is 46.2 Å². The smallest absolute Gasteiger partial charge is 0.259 e. The largest absolute Gasteiger partial charge is 0.367 e.